The largest absolute Gasteiger partial charge is 0.508 e. The fraction of sp³-hybridized carbons (Fsp3) is 0.278. The van der Waals surface area contributed by atoms with Crippen LogP contribution in [0.25, 0.3) is 0 Å². The Kier molecular flexibility index (Phi) is 4.69. The topological polar surface area (TPSA) is 83.5 Å². The first-order chi connectivity index (χ1) is 11.5. The van der Waals surface area contributed by atoms with Crippen molar-refractivity contribution in [1.82, 2.24) is 4.72 Å². The molecule has 1 aliphatic carbocycles. The van der Waals surface area contributed by atoms with E-state index in [-0.39, 0.29) is 28.9 Å². The normalized spacial score (nSPS) is 14.5. The van der Waals surface area contributed by atoms with E-state index in [0.717, 1.165) is 12.8 Å². The summed E-state index contributed by atoms with van der Waals surface area (Å²) in [6, 6.07) is 12.9. The second kappa shape index (κ2) is 6.75. The Morgan fingerprint density at radius 1 is 1.08 bits per heavy atom. The minimum absolute atomic E-state index is 0.0893. The van der Waals surface area contributed by atoms with E-state index >= 15 is 0 Å². The molecule has 1 aliphatic rings. The Morgan fingerprint density at radius 3 is 2.38 bits per heavy atom. The number of ketones is 1. The Bertz CT molecular complexity index is 840. The predicted molar refractivity (Wildman–Crippen MR) is 90.5 cm³/mol. The summed E-state index contributed by atoms with van der Waals surface area (Å²) < 4.78 is 27.1. The highest BCUT2D eigenvalue weighted by atomic mass is 32.2. The molecule has 0 aliphatic heterocycles. The van der Waals surface area contributed by atoms with Gasteiger partial charge in [0.25, 0.3) is 0 Å². The van der Waals surface area contributed by atoms with Crippen LogP contribution in [0, 0.1) is 5.92 Å². The fourth-order valence-electron chi connectivity index (χ4n) is 2.51. The van der Waals surface area contributed by atoms with Gasteiger partial charge in [0.1, 0.15) is 5.75 Å². The zero-order chi connectivity index (χ0) is 17.2. The second-order valence-corrected chi connectivity index (χ2v) is 7.71. The van der Waals surface area contributed by atoms with Crippen molar-refractivity contribution >= 4 is 15.8 Å². The molecule has 0 aromatic heterocycles. The van der Waals surface area contributed by atoms with Gasteiger partial charge in [-0.15, -0.1) is 0 Å². The van der Waals surface area contributed by atoms with Crippen LogP contribution in [0.4, 0.5) is 0 Å². The van der Waals surface area contributed by atoms with Crippen LogP contribution in [0.2, 0.25) is 0 Å². The van der Waals surface area contributed by atoms with Crippen molar-refractivity contribution in [2.45, 2.75) is 24.2 Å². The van der Waals surface area contributed by atoms with Crippen molar-refractivity contribution in [3.63, 3.8) is 0 Å². The monoisotopic (exact) mass is 345 g/mol. The van der Waals surface area contributed by atoms with Gasteiger partial charge in [-0.3, -0.25) is 4.79 Å². The van der Waals surface area contributed by atoms with Crippen molar-refractivity contribution in [3.8, 4) is 5.75 Å². The van der Waals surface area contributed by atoms with Crippen LogP contribution in [0.1, 0.15) is 28.8 Å². The van der Waals surface area contributed by atoms with Crippen LogP contribution in [0.15, 0.2) is 53.4 Å². The Balaban J connectivity index is 1.62. The SMILES string of the molecule is O=C(c1ccc(S(=O)(=O)NCCc2ccccc2O)cc1)C1CC1. The van der Waals surface area contributed by atoms with Gasteiger partial charge in [-0.2, -0.15) is 0 Å². The minimum atomic E-state index is -3.63. The lowest BCUT2D eigenvalue weighted by Crippen LogP contribution is -2.26. The highest BCUT2D eigenvalue weighted by molar-refractivity contribution is 7.89. The molecule has 0 unspecified atom stereocenters. The molecule has 6 heteroatoms. The lowest BCUT2D eigenvalue weighted by atomic mass is 10.1. The average Bonchev–Trinajstić information content (AvgIpc) is 3.41. The number of phenols is 1. The number of hydrogen-bond acceptors (Lipinski definition) is 4. The van der Waals surface area contributed by atoms with Gasteiger partial charge < -0.3 is 5.11 Å². The molecule has 0 radical (unpaired) electrons. The molecule has 24 heavy (non-hydrogen) atoms. The molecule has 3 rings (SSSR count). The van der Waals surface area contributed by atoms with E-state index in [2.05, 4.69) is 4.72 Å². The molecule has 1 saturated carbocycles. The molecule has 0 atom stereocenters. The minimum Gasteiger partial charge on any atom is -0.508 e. The van der Waals surface area contributed by atoms with Crippen LogP contribution in [-0.4, -0.2) is 25.9 Å². The van der Waals surface area contributed by atoms with Gasteiger partial charge >= 0.3 is 0 Å². The maximum Gasteiger partial charge on any atom is 0.240 e. The van der Waals surface area contributed by atoms with E-state index in [1.54, 1.807) is 36.4 Å². The molecule has 1 fully saturated rings. The summed E-state index contributed by atoms with van der Waals surface area (Å²) in [5, 5.41) is 9.68. The number of para-hydroxylation sites is 1. The number of aromatic hydroxyl groups is 1. The zero-order valence-electron chi connectivity index (χ0n) is 13.1. The van der Waals surface area contributed by atoms with Crippen molar-refractivity contribution in [2.24, 2.45) is 5.92 Å². The van der Waals surface area contributed by atoms with E-state index in [1.807, 2.05) is 0 Å². The van der Waals surface area contributed by atoms with Crippen LogP contribution >= 0.6 is 0 Å². The maximum absolute atomic E-state index is 12.3. The van der Waals surface area contributed by atoms with E-state index in [1.165, 1.54) is 12.1 Å². The zero-order valence-corrected chi connectivity index (χ0v) is 13.9. The summed E-state index contributed by atoms with van der Waals surface area (Å²) in [7, 11) is -3.63. The van der Waals surface area contributed by atoms with E-state index in [4.69, 9.17) is 0 Å². The standard InChI is InChI=1S/C18H19NO4S/c20-17-4-2-1-3-13(17)11-12-19-24(22,23)16-9-7-15(8-10-16)18(21)14-5-6-14/h1-4,7-10,14,19-20H,5-6,11-12H2. The molecule has 0 saturated heterocycles. The smallest absolute Gasteiger partial charge is 0.240 e. The number of phenolic OH excluding ortho intramolecular Hbond substituents is 1. The Labute approximate surface area is 141 Å². The summed E-state index contributed by atoms with van der Waals surface area (Å²) in [6.45, 7) is 0.183. The summed E-state index contributed by atoms with van der Waals surface area (Å²) in [6.07, 6.45) is 2.24. The summed E-state index contributed by atoms with van der Waals surface area (Å²) in [5.74, 6) is 0.357. The van der Waals surface area contributed by atoms with Gasteiger partial charge in [0.2, 0.25) is 10.0 Å². The highest BCUT2D eigenvalue weighted by Crippen LogP contribution is 2.32. The van der Waals surface area contributed by atoms with Crippen molar-refractivity contribution in [2.75, 3.05) is 6.54 Å². The molecule has 0 amide bonds. The van der Waals surface area contributed by atoms with Crippen LogP contribution in [0.5, 0.6) is 5.75 Å². The number of Topliss-reactive ketones (excluding diaryl/α,β-unsaturated/α-hetero) is 1. The number of nitrogens with one attached hydrogen (secondary N) is 1. The molecule has 0 heterocycles. The lowest BCUT2D eigenvalue weighted by molar-refractivity contribution is 0.0967. The first kappa shape index (κ1) is 16.7. The quantitative estimate of drug-likeness (QED) is 0.755. The van der Waals surface area contributed by atoms with Crippen LogP contribution in [0.3, 0.4) is 0 Å². The fourth-order valence-corrected chi connectivity index (χ4v) is 3.54. The number of hydrogen-bond donors (Lipinski definition) is 2. The molecule has 2 aromatic rings. The second-order valence-electron chi connectivity index (χ2n) is 5.94. The first-order valence-electron chi connectivity index (χ1n) is 7.88. The van der Waals surface area contributed by atoms with Gasteiger partial charge in [-0.1, -0.05) is 30.3 Å². The molecular formula is C18H19NO4S. The van der Waals surface area contributed by atoms with Gasteiger partial charge in [-0.05, 0) is 43.0 Å². The van der Waals surface area contributed by atoms with E-state index < -0.39 is 10.0 Å². The number of sulfonamides is 1. The molecule has 126 valence electrons. The molecule has 0 bridgehead atoms. The van der Waals surface area contributed by atoms with Crippen molar-refractivity contribution in [3.05, 3.63) is 59.7 Å². The van der Waals surface area contributed by atoms with Crippen LogP contribution in [-0.2, 0) is 16.4 Å². The highest BCUT2D eigenvalue weighted by Gasteiger charge is 2.30. The van der Waals surface area contributed by atoms with Crippen LogP contribution < -0.4 is 4.72 Å². The van der Waals surface area contributed by atoms with Crippen molar-refractivity contribution < 1.29 is 18.3 Å². The number of carbonyl (C=O) groups excluding carboxylic acids is 1. The van der Waals surface area contributed by atoms with Gasteiger partial charge in [0.15, 0.2) is 5.78 Å². The van der Waals surface area contributed by atoms with E-state index in [9.17, 15) is 18.3 Å². The molecular weight excluding hydrogens is 326 g/mol. The molecule has 0 spiro atoms. The molecule has 2 aromatic carbocycles. The molecule has 5 nitrogen and oxygen atoms in total. The summed E-state index contributed by atoms with van der Waals surface area (Å²) in [5.41, 5.74) is 1.25. The predicted octanol–water partition coefficient (Wildman–Crippen LogP) is 2.51. The third-order valence-electron chi connectivity index (χ3n) is 4.08. The number of rotatable bonds is 7. The number of benzene rings is 2. The van der Waals surface area contributed by atoms with Gasteiger partial charge in [0, 0.05) is 18.0 Å². The van der Waals surface area contributed by atoms with Gasteiger partial charge in [-0.25, -0.2) is 13.1 Å². The third kappa shape index (κ3) is 3.83. The first-order valence-corrected chi connectivity index (χ1v) is 9.36. The summed E-state index contributed by atoms with van der Waals surface area (Å²) >= 11 is 0. The lowest BCUT2D eigenvalue weighted by Gasteiger charge is -2.08. The maximum atomic E-state index is 12.3. The van der Waals surface area contributed by atoms with E-state index in [0.29, 0.717) is 17.5 Å². The third-order valence-corrected chi connectivity index (χ3v) is 5.55. The average molecular weight is 345 g/mol. The van der Waals surface area contributed by atoms with Gasteiger partial charge in [0.05, 0.1) is 4.90 Å². The molecule has 2 N–H and O–H groups in total. The Hall–Kier alpha value is -2.18. The van der Waals surface area contributed by atoms with Crippen molar-refractivity contribution in [1.29, 1.82) is 0 Å². The number of carbonyl (C=O) groups is 1. The summed E-state index contributed by atoms with van der Waals surface area (Å²) in [4.78, 5) is 12.1. The Morgan fingerprint density at radius 2 is 1.75 bits per heavy atom.